The highest BCUT2D eigenvalue weighted by Gasteiger charge is 2.21. The summed E-state index contributed by atoms with van der Waals surface area (Å²) in [5.74, 6) is 1.43. The van der Waals surface area contributed by atoms with E-state index in [2.05, 4.69) is 24.1 Å². The fourth-order valence-electron chi connectivity index (χ4n) is 4.90. The molecule has 2 aromatic heterocycles. The lowest BCUT2D eigenvalue weighted by Crippen LogP contribution is -2.40. The Morgan fingerprint density at radius 2 is 1.90 bits per heavy atom. The van der Waals surface area contributed by atoms with E-state index in [4.69, 9.17) is 0 Å². The van der Waals surface area contributed by atoms with Crippen LogP contribution in [0.2, 0.25) is 0 Å². The minimum absolute atomic E-state index is 0.0187. The maximum atomic E-state index is 12.9. The van der Waals surface area contributed by atoms with Gasteiger partial charge >= 0.3 is 0 Å². The molecule has 1 fully saturated rings. The van der Waals surface area contributed by atoms with Gasteiger partial charge in [0.25, 0.3) is 11.5 Å². The third-order valence-electron chi connectivity index (χ3n) is 6.07. The number of hydrogen-bond acceptors (Lipinski definition) is 4. The summed E-state index contributed by atoms with van der Waals surface area (Å²) in [6.45, 7) is 11.2. The number of aromatic nitrogens is 1. The first-order valence-corrected chi connectivity index (χ1v) is 11.8. The van der Waals surface area contributed by atoms with Gasteiger partial charge in [0.05, 0.1) is 15.8 Å². The molecular formula is C24H31N3O2S. The molecule has 0 spiro atoms. The lowest BCUT2D eigenvalue weighted by atomic mass is 9.92. The monoisotopic (exact) mass is 425 g/mol. The highest BCUT2D eigenvalue weighted by atomic mass is 32.1. The van der Waals surface area contributed by atoms with E-state index in [1.165, 1.54) is 17.8 Å². The van der Waals surface area contributed by atoms with Gasteiger partial charge in [0.2, 0.25) is 0 Å². The number of rotatable bonds is 6. The zero-order chi connectivity index (χ0) is 21.3. The van der Waals surface area contributed by atoms with Crippen molar-refractivity contribution in [1.29, 1.82) is 0 Å². The largest absolute Gasteiger partial charge is 0.351 e. The van der Waals surface area contributed by atoms with Crippen molar-refractivity contribution in [3.8, 4) is 0 Å². The molecule has 30 heavy (non-hydrogen) atoms. The van der Waals surface area contributed by atoms with Crippen molar-refractivity contribution in [2.24, 2.45) is 11.8 Å². The summed E-state index contributed by atoms with van der Waals surface area (Å²) in [6, 6.07) is 9.70. The quantitative estimate of drug-likeness (QED) is 0.598. The summed E-state index contributed by atoms with van der Waals surface area (Å²) in [5.41, 5.74) is 0.908. The third-order valence-corrected chi connectivity index (χ3v) is 7.24. The topological polar surface area (TPSA) is 54.3 Å². The number of nitrogens with one attached hydrogen (secondary N) is 1. The minimum Gasteiger partial charge on any atom is -0.351 e. The molecule has 1 aliphatic heterocycles. The predicted octanol–water partition coefficient (Wildman–Crippen LogP) is 4.33. The molecule has 5 nitrogen and oxygen atoms in total. The van der Waals surface area contributed by atoms with Gasteiger partial charge in [-0.1, -0.05) is 32.0 Å². The SMILES string of the molecule is CCn1c(=O)c2cc(C(=O)NCCCN3C[C@@H](C)C[C@H](C)C3)sc2c2ccccc21. The molecule has 0 bridgehead atoms. The van der Waals surface area contributed by atoms with E-state index in [-0.39, 0.29) is 11.5 Å². The maximum absolute atomic E-state index is 12.9. The molecule has 1 amide bonds. The van der Waals surface area contributed by atoms with Gasteiger partial charge in [0, 0.05) is 36.3 Å². The Kier molecular flexibility index (Phi) is 6.25. The van der Waals surface area contributed by atoms with Gasteiger partial charge in [-0.15, -0.1) is 11.3 Å². The number of pyridine rings is 1. The molecule has 1 aromatic carbocycles. The molecule has 1 aliphatic rings. The molecule has 3 heterocycles. The fourth-order valence-corrected chi connectivity index (χ4v) is 6.00. The minimum atomic E-state index is -0.0805. The second kappa shape index (κ2) is 8.90. The first kappa shape index (κ1) is 21.1. The van der Waals surface area contributed by atoms with E-state index in [0.717, 1.165) is 53.5 Å². The number of nitrogens with zero attached hydrogens (tertiary/aromatic N) is 2. The summed E-state index contributed by atoms with van der Waals surface area (Å²) < 4.78 is 2.69. The Labute approximate surface area is 181 Å². The van der Waals surface area contributed by atoms with Crippen LogP contribution < -0.4 is 10.9 Å². The molecule has 0 unspecified atom stereocenters. The van der Waals surface area contributed by atoms with Crippen molar-refractivity contribution < 1.29 is 4.79 Å². The molecule has 0 aliphatic carbocycles. The van der Waals surface area contributed by atoms with Gasteiger partial charge < -0.3 is 14.8 Å². The van der Waals surface area contributed by atoms with E-state index in [0.29, 0.717) is 23.4 Å². The smallest absolute Gasteiger partial charge is 0.261 e. The average molecular weight is 426 g/mol. The molecule has 160 valence electrons. The summed E-state index contributed by atoms with van der Waals surface area (Å²) in [7, 11) is 0. The summed E-state index contributed by atoms with van der Waals surface area (Å²) in [5, 5.41) is 4.73. The van der Waals surface area contributed by atoms with Gasteiger partial charge in [0.1, 0.15) is 0 Å². The van der Waals surface area contributed by atoms with Crippen LogP contribution in [0.3, 0.4) is 0 Å². The van der Waals surface area contributed by atoms with E-state index >= 15 is 0 Å². The number of para-hydroxylation sites is 1. The molecule has 3 aromatic rings. The molecular weight excluding hydrogens is 394 g/mol. The number of thiophene rings is 1. The van der Waals surface area contributed by atoms with Crippen molar-refractivity contribution in [2.45, 2.75) is 40.2 Å². The third kappa shape index (κ3) is 4.16. The van der Waals surface area contributed by atoms with Crippen LogP contribution in [0.15, 0.2) is 35.1 Å². The number of benzene rings is 1. The van der Waals surface area contributed by atoms with E-state index in [1.54, 1.807) is 10.6 Å². The van der Waals surface area contributed by atoms with Gasteiger partial charge in [-0.05, 0) is 50.3 Å². The molecule has 0 saturated carbocycles. The van der Waals surface area contributed by atoms with Crippen LogP contribution >= 0.6 is 11.3 Å². The Bertz CT molecular complexity index is 1110. The first-order chi connectivity index (χ1) is 14.5. The number of amides is 1. The summed E-state index contributed by atoms with van der Waals surface area (Å²) >= 11 is 1.42. The number of fused-ring (bicyclic) bond motifs is 3. The van der Waals surface area contributed by atoms with Crippen LogP contribution in [-0.2, 0) is 6.54 Å². The van der Waals surface area contributed by atoms with Crippen molar-refractivity contribution in [3.63, 3.8) is 0 Å². The number of aryl methyl sites for hydroxylation is 1. The Balaban J connectivity index is 1.46. The number of hydrogen-bond donors (Lipinski definition) is 1. The van der Waals surface area contributed by atoms with Gasteiger partial charge in [-0.3, -0.25) is 9.59 Å². The van der Waals surface area contributed by atoms with Gasteiger partial charge in [-0.2, -0.15) is 0 Å². The molecule has 1 N–H and O–H groups in total. The van der Waals surface area contributed by atoms with Crippen molar-refractivity contribution in [1.82, 2.24) is 14.8 Å². The van der Waals surface area contributed by atoms with E-state index in [1.807, 2.05) is 31.2 Å². The molecule has 0 radical (unpaired) electrons. The number of carbonyl (C=O) groups is 1. The van der Waals surface area contributed by atoms with Gasteiger partial charge in [-0.25, -0.2) is 0 Å². The number of carbonyl (C=O) groups excluding carboxylic acids is 1. The number of likely N-dealkylation sites (tertiary alicyclic amines) is 1. The molecule has 1 saturated heterocycles. The second-order valence-corrected chi connectivity index (χ2v) is 9.79. The van der Waals surface area contributed by atoms with Crippen LogP contribution in [0.1, 0.15) is 43.3 Å². The number of piperidine rings is 1. The lowest BCUT2D eigenvalue weighted by Gasteiger charge is -2.34. The second-order valence-electron chi connectivity index (χ2n) is 8.74. The normalized spacial score (nSPS) is 20.1. The van der Waals surface area contributed by atoms with Crippen LogP contribution in [0, 0.1) is 11.8 Å². The van der Waals surface area contributed by atoms with E-state index < -0.39 is 0 Å². The van der Waals surface area contributed by atoms with Crippen LogP contribution in [0.25, 0.3) is 21.0 Å². The van der Waals surface area contributed by atoms with E-state index in [9.17, 15) is 9.59 Å². The molecule has 4 rings (SSSR count). The Morgan fingerprint density at radius 3 is 2.63 bits per heavy atom. The van der Waals surface area contributed by atoms with Crippen molar-refractivity contribution in [3.05, 3.63) is 45.6 Å². The average Bonchev–Trinajstić information content (AvgIpc) is 3.17. The highest BCUT2D eigenvalue weighted by molar-refractivity contribution is 7.21. The first-order valence-electron chi connectivity index (χ1n) is 11.0. The lowest BCUT2D eigenvalue weighted by molar-refractivity contribution is 0.0951. The van der Waals surface area contributed by atoms with Gasteiger partial charge in [0.15, 0.2) is 0 Å². The fraction of sp³-hybridized carbons (Fsp3) is 0.500. The maximum Gasteiger partial charge on any atom is 0.261 e. The molecule has 6 heteroatoms. The standard InChI is InChI=1S/C24H31N3O2S/c1-4-27-20-9-6-5-8-18(20)22-19(24(27)29)13-21(30-22)23(28)25-10-7-11-26-14-16(2)12-17(3)15-26/h5-6,8-9,13,16-17H,4,7,10-12,14-15H2,1-3H3,(H,25,28)/t16-,17-/m0/s1. The highest BCUT2D eigenvalue weighted by Crippen LogP contribution is 2.30. The predicted molar refractivity (Wildman–Crippen MR) is 126 cm³/mol. The summed E-state index contributed by atoms with van der Waals surface area (Å²) in [6.07, 6.45) is 2.26. The Morgan fingerprint density at radius 1 is 1.17 bits per heavy atom. The Hall–Kier alpha value is -2.18. The molecule has 2 atom stereocenters. The summed E-state index contributed by atoms with van der Waals surface area (Å²) in [4.78, 5) is 28.8. The van der Waals surface area contributed by atoms with Crippen molar-refractivity contribution >= 4 is 38.2 Å². The van der Waals surface area contributed by atoms with Crippen LogP contribution in [0.5, 0.6) is 0 Å². The van der Waals surface area contributed by atoms with Crippen LogP contribution in [-0.4, -0.2) is 41.6 Å². The van der Waals surface area contributed by atoms with Crippen molar-refractivity contribution in [2.75, 3.05) is 26.2 Å². The van der Waals surface area contributed by atoms with Crippen LogP contribution in [0.4, 0.5) is 0 Å². The zero-order valence-corrected chi connectivity index (χ0v) is 18.9. The zero-order valence-electron chi connectivity index (χ0n) is 18.1.